The lowest BCUT2D eigenvalue weighted by Gasteiger charge is -2.18. The van der Waals surface area contributed by atoms with Gasteiger partial charge in [0.1, 0.15) is 6.61 Å². The molecule has 0 aliphatic carbocycles. The summed E-state index contributed by atoms with van der Waals surface area (Å²) in [6.07, 6.45) is 61.5. The van der Waals surface area contributed by atoms with Crippen molar-refractivity contribution >= 4 is 11.9 Å². The number of hydrogen-bond donors (Lipinski definition) is 0. The summed E-state index contributed by atoms with van der Waals surface area (Å²) in [5.74, 6) is -0.392. The molecule has 0 aliphatic heterocycles. The van der Waals surface area contributed by atoms with Crippen molar-refractivity contribution in [3.63, 3.8) is 0 Å². The highest BCUT2D eigenvalue weighted by Gasteiger charge is 2.17. The van der Waals surface area contributed by atoms with E-state index in [1.807, 2.05) is 0 Å². The molecule has 0 aliphatic rings. The van der Waals surface area contributed by atoms with E-state index in [2.05, 4.69) is 57.2 Å². The van der Waals surface area contributed by atoms with Crippen molar-refractivity contribution in [1.29, 1.82) is 0 Å². The Bertz CT molecular complexity index is 955. The lowest BCUT2D eigenvalue weighted by Crippen LogP contribution is -2.30. The first-order chi connectivity index (χ1) is 29.6. The Morgan fingerprint density at radius 3 is 1.20 bits per heavy atom. The standard InChI is InChI=1S/C55H102O5/c1-4-7-10-13-16-19-22-25-27-28-29-31-33-36-39-42-45-48-54(56)59-52-53(51-58-50-47-44-41-38-35-32-26-23-20-17-14-11-8-5-2)60-55(57)49-46-43-40-37-34-30-24-21-18-15-12-9-6-3/h7,10,16,19,25,27,53H,4-6,8-9,11-15,17-18,20-24,26,28-52H2,1-3H3/b10-7-,19-16-,27-25-. The minimum atomic E-state index is -0.533. The predicted octanol–water partition coefficient (Wildman–Crippen LogP) is 17.8. The van der Waals surface area contributed by atoms with Gasteiger partial charge >= 0.3 is 11.9 Å². The molecular weight excluding hydrogens is 741 g/mol. The van der Waals surface area contributed by atoms with Crippen LogP contribution in [-0.2, 0) is 23.8 Å². The van der Waals surface area contributed by atoms with Gasteiger partial charge in [-0.15, -0.1) is 0 Å². The fourth-order valence-corrected chi connectivity index (χ4v) is 7.76. The molecule has 5 nitrogen and oxygen atoms in total. The summed E-state index contributed by atoms with van der Waals surface area (Å²) in [5, 5.41) is 0. The second kappa shape index (κ2) is 51.5. The topological polar surface area (TPSA) is 61.8 Å². The molecule has 352 valence electrons. The van der Waals surface area contributed by atoms with Crippen molar-refractivity contribution in [1.82, 2.24) is 0 Å². The van der Waals surface area contributed by atoms with Crippen molar-refractivity contribution < 1.29 is 23.8 Å². The lowest BCUT2D eigenvalue weighted by atomic mass is 10.0. The first-order valence-electron chi connectivity index (χ1n) is 26.5. The van der Waals surface area contributed by atoms with Crippen molar-refractivity contribution in [2.45, 2.75) is 284 Å². The summed E-state index contributed by atoms with van der Waals surface area (Å²) in [6, 6.07) is 0. The number of hydrogen-bond acceptors (Lipinski definition) is 5. The fraction of sp³-hybridized carbons (Fsp3) is 0.855. The molecule has 0 bridgehead atoms. The van der Waals surface area contributed by atoms with E-state index >= 15 is 0 Å². The summed E-state index contributed by atoms with van der Waals surface area (Å²) in [7, 11) is 0. The Labute approximate surface area is 374 Å². The summed E-state index contributed by atoms with van der Waals surface area (Å²) < 4.78 is 17.4. The van der Waals surface area contributed by atoms with Gasteiger partial charge in [0.05, 0.1) is 6.61 Å². The predicted molar refractivity (Wildman–Crippen MR) is 261 cm³/mol. The number of carbonyl (C=O) groups excluding carboxylic acids is 2. The molecule has 0 N–H and O–H groups in total. The maximum Gasteiger partial charge on any atom is 0.306 e. The summed E-state index contributed by atoms with van der Waals surface area (Å²) >= 11 is 0. The molecule has 5 heteroatoms. The molecule has 0 rings (SSSR count). The first kappa shape index (κ1) is 58.1. The fourth-order valence-electron chi connectivity index (χ4n) is 7.76. The van der Waals surface area contributed by atoms with Crippen LogP contribution in [0.4, 0.5) is 0 Å². The molecule has 0 amide bonds. The number of rotatable bonds is 49. The molecule has 1 atom stereocenters. The van der Waals surface area contributed by atoms with Crippen molar-refractivity contribution in [2.75, 3.05) is 19.8 Å². The van der Waals surface area contributed by atoms with E-state index in [4.69, 9.17) is 14.2 Å². The van der Waals surface area contributed by atoms with Gasteiger partial charge in [-0.25, -0.2) is 0 Å². The first-order valence-corrected chi connectivity index (χ1v) is 26.5. The summed E-state index contributed by atoms with van der Waals surface area (Å²) in [5.41, 5.74) is 0. The van der Waals surface area contributed by atoms with Crippen molar-refractivity contribution in [3.05, 3.63) is 36.5 Å². The van der Waals surface area contributed by atoms with Crippen molar-refractivity contribution in [2.24, 2.45) is 0 Å². The van der Waals surface area contributed by atoms with E-state index in [1.165, 1.54) is 180 Å². The number of unbranched alkanes of at least 4 members (excludes halogenated alkanes) is 32. The van der Waals surface area contributed by atoms with Gasteiger partial charge in [0.15, 0.2) is 6.10 Å². The largest absolute Gasteiger partial charge is 0.462 e. The highest BCUT2D eigenvalue weighted by molar-refractivity contribution is 5.70. The van der Waals surface area contributed by atoms with Gasteiger partial charge in [-0.05, 0) is 51.4 Å². The van der Waals surface area contributed by atoms with E-state index in [9.17, 15) is 9.59 Å². The monoisotopic (exact) mass is 843 g/mol. The molecule has 0 aromatic rings. The van der Waals surface area contributed by atoms with Crippen LogP contribution in [0.5, 0.6) is 0 Å². The molecule has 0 aromatic heterocycles. The van der Waals surface area contributed by atoms with Gasteiger partial charge < -0.3 is 14.2 Å². The highest BCUT2D eigenvalue weighted by atomic mass is 16.6. The smallest absolute Gasteiger partial charge is 0.306 e. The van der Waals surface area contributed by atoms with Gasteiger partial charge in [-0.2, -0.15) is 0 Å². The number of carbonyl (C=O) groups is 2. The van der Waals surface area contributed by atoms with Crippen LogP contribution in [-0.4, -0.2) is 37.9 Å². The van der Waals surface area contributed by atoms with Crippen LogP contribution < -0.4 is 0 Å². The average Bonchev–Trinajstić information content (AvgIpc) is 3.25. The summed E-state index contributed by atoms with van der Waals surface area (Å²) in [4.78, 5) is 25.4. The molecule has 0 saturated carbocycles. The van der Waals surface area contributed by atoms with Crippen LogP contribution in [0.15, 0.2) is 36.5 Å². The quantitative estimate of drug-likeness (QED) is 0.0347. The molecule has 0 spiro atoms. The Hall–Kier alpha value is -1.88. The number of ether oxygens (including phenoxy) is 3. The molecular formula is C55H102O5. The minimum Gasteiger partial charge on any atom is -0.462 e. The van der Waals surface area contributed by atoms with E-state index in [0.29, 0.717) is 26.1 Å². The van der Waals surface area contributed by atoms with Gasteiger partial charge in [-0.1, -0.05) is 250 Å². The SMILES string of the molecule is CC/C=C\C/C=C\C/C=C\CCCCCCCCCC(=O)OCC(COCCCCCCCCCCCCCCCC)OC(=O)CCCCCCCCCCCCCCC. The van der Waals surface area contributed by atoms with E-state index < -0.39 is 6.10 Å². The van der Waals surface area contributed by atoms with Gasteiger partial charge in [-0.3, -0.25) is 9.59 Å². The maximum absolute atomic E-state index is 12.8. The van der Waals surface area contributed by atoms with E-state index in [1.54, 1.807) is 0 Å². The maximum atomic E-state index is 12.8. The Morgan fingerprint density at radius 2 is 0.750 bits per heavy atom. The van der Waals surface area contributed by atoms with Gasteiger partial charge in [0.25, 0.3) is 0 Å². The van der Waals surface area contributed by atoms with Crippen LogP contribution in [0, 0.1) is 0 Å². The number of esters is 2. The summed E-state index contributed by atoms with van der Waals surface area (Å²) in [6.45, 7) is 7.76. The molecule has 1 unspecified atom stereocenters. The van der Waals surface area contributed by atoms with E-state index in [0.717, 1.165) is 64.2 Å². The average molecular weight is 843 g/mol. The molecule has 0 fully saturated rings. The Morgan fingerprint density at radius 1 is 0.383 bits per heavy atom. The molecule has 0 radical (unpaired) electrons. The van der Waals surface area contributed by atoms with Crippen molar-refractivity contribution in [3.8, 4) is 0 Å². The minimum absolute atomic E-state index is 0.0863. The lowest BCUT2D eigenvalue weighted by molar-refractivity contribution is -0.163. The zero-order valence-corrected chi connectivity index (χ0v) is 40.5. The third-order valence-corrected chi connectivity index (χ3v) is 11.7. The number of allylic oxidation sites excluding steroid dienone is 6. The van der Waals surface area contributed by atoms with Crippen LogP contribution in [0.3, 0.4) is 0 Å². The molecule has 0 heterocycles. The Balaban J connectivity index is 4.23. The van der Waals surface area contributed by atoms with Crippen LogP contribution in [0.2, 0.25) is 0 Å². The van der Waals surface area contributed by atoms with Crippen LogP contribution in [0.25, 0.3) is 0 Å². The van der Waals surface area contributed by atoms with Crippen LogP contribution in [0.1, 0.15) is 278 Å². The van der Waals surface area contributed by atoms with Gasteiger partial charge in [0, 0.05) is 19.4 Å². The second-order valence-corrected chi connectivity index (χ2v) is 17.8. The highest BCUT2D eigenvalue weighted by Crippen LogP contribution is 2.16. The molecule has 0 saturated heterocycles. The zero-order valence-electron chi connectivity index (χ0n) is 40.5. The normalized spacial score (nSPS) is 12.4. The third-order valence-electron chi connectivity index (χ3n) is 11.7. The Kier molecular flexibility index (Phi) is 49.9. The zero-order chi connectivity index (χ0) is 43.5. The molecule has 60 heavy (non-hydrogen) atoms. The van der Waals surface area contributed by atoms with Gasteiger partial charge in [0.2, 0.25) is 0 Å². The third kappa shape index (κ3) is 48.8. The van der Waals surface area contributed by atoms with E-state index in [-0.39, 0.29) is 18.5 Å². The second-order valence-electron chi connectivity index (χ2n) is 17.8. The molecule has 0 aromatic carbocycles. The van der Waals surface area contributed by atoms with Crippen LogP contribution >= 0.6 is 0 Å².